The monoisotopic (exact) mass is 441 g/mol. The van der Waals surface area contributed by atoms with Gasteiger partial charge in [-0.15, -0.1) is 0 Å². The lowest BCUT2D eigenvalue weighted by atomic mass is 9.73. The van der Waals surface area contributed by atoms with Crippen LogP contribution >= 0.6 is 0 Å². The third-order valence-corrected chi connectivity index (χ3v) is 7.98. The second-order valence-electron chi connectivity index (χ2n) is 9.57. The highest BCUT2D eigenvalue weighted by Gasteiger charge is 2.64. The molecule has 3 aliphatic rings. The van der Waals surface area contributed by atoms with Crippen molar-refractivity contribution in [2.75, 3.05) is 4.90 Å². The first kappa shape index (κ1) is 19.5. The van der Waals surface area contributed by atoms with E-state index in [1.165, 1.54) is 16.0 Å². The Morgan fingerprint density at radius 2 is 1.06 bits per heavy atom. The number of hydrogen-bond acceptors (Lipinski definition) is 2. The number of amides is 2. The smallest absolute Gasteiger partial charge is 0.238 e. The number of nitrogens with zero attached hydrogens (tertiary/aromatic N) is 1. The van der Waals surface area contributed by atoms with Crippen LogP contribution in [0.5, 0.6) is 0 Å². The topological polar surface area (TPSA) is 37.4 Å². The molecule has 3 nitrogen and oxygen atoms in total. The second kappa shape index (κ2) is 7.26. The van der Waals surface area contributed by atoms with Gasteiger partial charge in [-0.3, -0.25) is 9.59 Å². The van der Waals surface area contributed by atoms with Gasteiger partial charge in [0.05, 0.1) is 17.5 Å². The van der Waals surface area contributed by atoms with E-state index >= 15 is 0 Å². The van der Waals surface area contributed by atoms with Crippen LogP contribution in [0.1, 0.15) is 17.5 Å². The summed E-state index contributed by atoms with van der Waals surface area (Å²) in [6.07, 6.45) is 0.866. The first-order valence-corrected chi connectivity index (χ1v) is 11.9. The van der Waals surface area contributed by atoms with Crippen LogP contribution in [0.4, 0.5) is 5.69 Å². The molecule has 0 N–H and O–H groups in total. The van der Waals surface area contributed by atoms with E-state index in [9.17, 15) is 9.59 Å². The molecular formula is C31H23NO2. The molecule has 4 aromatic rings. The van der Waals surface area contributed by atoms with Crippen molar-refractivity contribution in [1.82, 2.24) is 0 Å². The lowest BCUT2D eigenvalue weighted by Crippen LogP contribution is -2.33. The molecule has 164 valence electrons. The number of hydrogen-bond donors (Lipinski definition) is 0. The van der Waals surface area contributed by atoms with Gasteiger partial charge in [-0.05, 0) is 52.0 Å². The molecule has 1 saturated carbocycles. The summed E-state index contributed by atoms with van der Waals surface area (Å²) in [5.74, 6) is -0.551. The van der Waals surface area contributed by atoms with E-state index in [1.54, 1.807) is 0 Å². The summed E-state index contributed by atoms with van der Waals surface area (Å²) in [6, 6.07) is 34.6. The van der Waals surface area contributed by atoms with Crippen molar-refractivity contribution in [2.24, 2.45) is 23.7 Å². The van der Waals surface area contributed by atoms with Crippen LogP contribution in [0.25, 0.3) is 21.9 Å². The number of anilines is 1. The van der Waals surface area contributed by atoms with Crippen LogP contribution in [-0.4, -0.2) is 11.8 Å². The van der Waals surface area contributed by atoms with Crippen molar-refractivity contribution < 1.29 is 9.59 Å². The second-order valence-corrected chi connectivity index (χ2v) is 9.57. The van der Waals surface area contributed by atoms with Crippen LogP contribution in [-0.2, 0) is 9.59 Å². The number of rotatable bonds is 3. The Morgan fingerprint density at radius 1 is 0.559 bits per heavy atom. The Hall–Kier alpha value is -3.98. The maximum atomic E-state index is 13.9. The highest BCUT2D eigenvalue weighted by atomic mass is 16.2. The summed E-state index contributed by atoms with van der Waals surface area (Å²) in [6.45, 7) is 0. The minimum atomic E-state index is -0.292. The zero-order valence-corrected chi connectivity index (χ0v) is 18.6. The van der Waals surface area contributed by atoms with E-state index in [-0.39, 0.29) is 35.5 Å². The first-order valence-electron chi connectivity index (χ1n) is 11.9. The van der Waals surface area contributed by atoms with Crippen molar-refractivity contribution >= 4 is 39.4 Å². The quantitative estimate of drug-likeness (QED) is 0.355. The number of carbonyl (C=O) groups excluding carboxylic acids is 2. The van der Waals surface area contributed by atoms with Gasteiger partial charge < -0.3 is 0 Å². The van der Waals surface area contributed by atoms with E-state index in [0.717, 1.165) is 28.3 Å². The van der Waals surface area contributed by atoms with Gasteiger partial charge in [-0.25, -0.2) is 4.90 Å². The molecule has 1 aliphatic heterocycles. The third kappa shape index (κ3) is 2.58. The molecule has 0 radical (unpaired) electrons. The van der Waals surface area contributed by atoms with Crippen molar-refractivity contribution in [1.29, 1.82) is 0 Å². The summed E-state index contributed by atoms with van der Waals surface area (Å²) in [5, 5.41) is 1.98. The summed E-state index contributed by atoms with van der Waals surface area (Å²) >= 11 is 0. The molecule has 1 heterocycles. The standard InChI is InChI=1S/C31H23NO2/c33-30-28-23-18-24(27(21-13-5-2-6-14-21)26(23)20-11-3-1-4-12-20)29(28)31(34)32(30)25-17-9-15-19-10-7-8-16-22(19)25/h1-17,23-24,28-29H,18H2. The zero-order chi connectivity index (χ0) is 22.8. The van der Waals surface area contributed by atoms with Gasteiger partial charge >= 0.3 is 0 Å². The number of imide groups is 1. The average Bonchev–Trinajstić information content (AvgIpc) is 3.54. The van der Waals surface area contributed by atoms with Crippen LogP contribution in [0.2, 0.25) is 0 Å². The number of allylic oxidation sites excluding steroid dienone is 2. The molecule has 4 atom stereocenters. The fourth-order valence-electron chi connectivity index (χ4n) is 6.74. The molecule has 34 heavy (non-hydrogen) atoms. The Kier molecular flexibility index (Phi) is 4.16. The molecule has 4 unspecified atom stereocenters. The molecule has 2 fully saturated rings. The largest absolute Gasteiger partial charge is 0.274 e. The van der Waals surface area contributed by atoms with Crippen molar-refractivity contribution in [3.05, 3.63) is 114 Å². The van der Waals surface area contributed by atoms with Crippen LogP contribution in [0.15, 0.2) is 103 Å². The lowest BCUT2D eigenvalue weighted by Gasteiger charge is -2.27. The van der Waals surface area contributed by atoms with Crippen LogP contribution in [0, 0.1) is 23.7 Å². The van der Waals surface area contributed by atoms with Crippen molar-refractivity contribution in [3.63, 3.8) is 0 Å². The number of benzene rings is 4. The SMILES string of the molecule is O=C1C2C3CC(C(c4ccccc4)=C3c3ccccc3)C2C(=O)N1c1cccc2ccccc12. The molecule has 0 aromatic heterocycles. The highest BCUT2D eigenvalue weighted by Crippen LogP contribution is 2.64. The maximum absolute atomic E-state index is 13.9. The molecule has 2 aliphatic carbocycles. The minimum Gasteiger partial charge on any atom is -0.274 e. The first-order chi connectivity index (χ1) is 16.7. The zero-order valence-electron chi connectivity index (χ0n) is 18.6. The molecule has 7 rings (SSSR count). The lowest BCUT2D eigenvalue weighted by molar-refractivity contribution is -0.123. The number of carbonyl (C=O) groups is 2. The van der Waals surface area contributed by atoms with Crippen molar-refractivity contribution in [2.45, 2.75) is 6.42 Å². The summed E-state index contributed by atoms with van der Waals surface area (Å²) in [5.41, 5.74) is 5.54. The predicted molar refractivity (Wildman–Crippen MR) is 135 cm³/mol. The minimum absolute atomic E-state index is 0.0422. The Labute approximate surface area is 198 Å². The van der Waals surface area contributed by atoms with Crippen LogP contribution < -0.4 is 4.90 Å². The van der Waals surface area contributed by atoms with Gasteiger partial charge in [-0.1, -0.05) is 97.1 Å². The number of fused-ring (bicyclic) bond motifs is 6. The van der Waals surface area contributed by atoms with Gasteiger partial charge in [0.15, 0.2) is 0 Å². The normalized spacial score (nSPS) is 25.5. The molecule has 3 heteroatoms. The van der Waals surface area contributed by atoms with Crippen LogP contribution in [0.3, 0.4) is 0 Å². The van der Waals surface area contributed by atoms with Crippen molar-refractivity contribution in [3.8, 4) is 0 Å². The van der Waals surface area contributed by atoms with Gasteiger partial charge in [0.25, 0.3) is 0 Å². The third-order valence-electron chi connectivity index (χ3n) is 7.98. The van der Waals surface area contributed by atoms with E-state index < -0.39 is 0 Å². The van der Waals surface area contributed by atoms with Gasteiger partial charge in [0.2, 0.25) is 11.8 Å². The summed E-state index contributed by atoms with van der Waals surface area (Å²) in [4.78, 5) is 29.4. The Balaban J connectivity index is 1.39. The average molecular weight is 442 g/mol. The Morgan fingerprint density at radius 3 is 1.65 bits per heavy atom. The maximum Gasteiger partial charge on any atom is 0.238 e. The van der Waals surface area contributed by atoms with Gasteiger partial charge in [0, 0.05) is 5.39 Å². The molecule has 1 saturated heterocycles. The molecule has 0 spiro atoms. The molecular weight excluding hydrogens is 418 g/mol. The summed E-state index contributed by atoms with van der Waals surface area (Å²) < 4.78 is 0. The Bertz CT molecular complexity index is 1410. The van der Waals surface area contributed by atoms with E-state index in [0.29, 0.717) is 5.69 Å². The molecule has 2 bridgehead atoms. The molecule has 2 amide bonds. The highest BCUT2D eigenvalue weighted by molar-refractivity contribution is 6.27. The fourth-order valence-corrected chi connectivity index (χ4v) is 6.74. The van der Waals surface area contributed by atoms with E-state index in [2.05, 4.69) is 48.5 Å². The van der Waals surface area contributed by atoms with E-state index in [4.69, 9.17) is 0 Å². The van der Waals surface area contributed by atoms with Gasteiger partial charge in [-0.2, -0.15) is 0 Å². The molecule has 4 aromatic carbocycles. The summed E-state index contributed by atoms with van der Waals surface area (Å²) in [7, 11) is 0. The predicted octanol–water partition coefficient (Wildman–Crippen LogP) is 6.21. The van der Waals surface area contributed by atoms with E-state index in [1.807, 2.05) is 54.6 Å². The fraction of sp³-hybridized carbons (Fsp3) is 0.161. The van der Waals surface area contributed by atoms with Gasteiger partial charge in [0.1, 0.15) is 0 Å².